The number of furan rings is 1. The summed E-state index contributed by atoms with van der Waals surface area (Å²) >= 11 is 0. The van der Waals surface area contributed by atoms with Gasteiger partial charge in [0.1, 0.15) is 17.0 Å². The van der Waals surface area contributed by atoms with Crippen LogP contribution in [0.3, 0.4) is 0 Å². The van der Waals surface area contributed by atoms with Crippen LogP contribution in [0.15, 0.2) is 33.8 Å². The number of nitrogens with zero attached hydrogens (tertiary/aromatic N) is 2. The number of carbonyl (C=O) groups is 2. The fourth-order valence-electron chi connectivity index (χ4n) is 2.80. The van der Waals surface area contributed by atoms with Crippen molar-refractivity contribution in [2.45, 2.75) is 46.6 Å². The van der Waals surface area contributed by atoms with Gasteiger partial charge in [-0.1, -0.05) is 20.8 Å². The second kappa shape index (κ2) is 6.52. The minimum absolute atomic E-state index is 0.0155. The molecule has 1 aliphatic heterocycles. The van der Waals surface area contributed by atoms with Crippen molar-refractivity contribution in [3.63, 3.8) is 0 Å². The number of hydrogen-bond acceptors (Lipinski definition) is 5. The molecule has 0 saturated carbocycles. The van der Waals surface area contributed by atoms with E-state index in [1.54, 1.807) is 38.2 Å². The van der Waals surface area contributed by atoms with Crippen molar-refractivity contribution in [2.24, 2.45) is 10.9 Å². The third kappa shape index (κ3) is 2.96. The lowest BCUT2D eigenvalue weighted by atomic mass is 9.89. The van der Waals surface area contributed by atoms with Gasteiger partial charge in [-0.3, -0.25) is 14.6 Å². The summed E-state index contributed by atoms with van der Waals surface area (Å²) in [6.07, 6.45) is 2.45. The Morgan fingerprint density at radius 1 is 1.35 bits per heavy atom. The normalized spacial score (nSPS) is 19.6. The molecule has 1 unspecified atom stereocenters. The van der Waals surface area contributed by atoms with E-state index in [0.717, 1.165) is 12.0 Å². The third-order valence-corrected chi connectivity index (χ3v) is 4.95. The molecule has 1 aliphatic rings. The van der Waals surface area contributed by atoms with Gasteiger partial charge in [0, 0.05) is 6.20 Å². The average molecular weight is 353 g/mol. The zero-order valence-electron chi connectivity index (χ0n) is 15.7. The van der Waals surface area contributed by atoms with E-state index in [-0.39, 0.29) is 23.4 Å². The van der Waals surface area contributed by atoms with E-state index in [4.69, 9.17) is 4.42 Å². The SMILES string of the molecule is CCc1cnc(C2=NC(C)(C(C)C)C(=O)N2)c(C(=O)c2ccc(C)o2)c1. The summed E-state index contributed by atoms with van der Waals surface area (Å²) in [6, 6.07) is 5.18. The molecule has 136 valence electrons. The number of aliphatic imine (C=N–C) groups is 1. The van der Waals surface area contributed by atoms with Crippen molar-refractivity contribution in [3.05, 3.63) is 52.7 Å². The van der Waals surface area contributed by atoms with Crippen LogP contribution in [0.4, 0.5) is 0 Å². The molecule has 26 heavy (non-hydrogen) atoms. The van der Waals surface area contributed by atoms with Gasteiger partial charge in [0.15, 0.2) is 11.6 Å². The second-order valence-electron chi connectivity index (χ2n) is 7.05. The largest absolute Gasteiger partial charge is 0.458 e. The lowest BCUT2D eigenvalue weighted by Crippen LogP contribution is -2.41. The first-order chi connectivity index (χ1) is 12.3. The fourth-order valence-corrected chi connectivity index (χ4v) is 2.80. The Morgan fingerprint density at radius 2 is 2.08 bits per heavy atom. The first-order valence-electron chi connectivity index (χ1n) is 8.78. The van der Waals surface area contributed by atoms with E-state index < -0.39 is 5.54 Å². The van der Waals surface area contributed by atoms with Gasteiger partial charge in [-0.05, 0) is 49.9 Å². The summed E-state index contributed by atoms with van der Waals surface area (Å²) < 4.78 is 5.49. The molecule has 0 spiro atoms. The highest BCUT2D eigenvalue weighted by atomic mass is 16.3. The van der Waals surface area contributed by atoms with Crippen LogP contribution >= 0.6 is 0 Å². The van der Waals surface area contributed by atoms with Crippen molar-refractivity contribution in [1.82, 2.24) is 10.3 Å². The number of pyridine rings is 1. The van der Waals surface area contributed by atoms with E-state index in [9.17, 15) is 9.59 Å². The smallest absolute Gasteiger partial charge is 0.253 e. The van der Waals surface area contributed by atoms with E-state index in [1.165, 1.54) is 0 Å². The minimum Gasteiger partial charge on any atom is -0.458 e. The maximum Gasteiger partial charge on any atom is 0.253 e. The van der Waals surface area contributed by atoms with Crippen LogP contribution in [0.25, 0.3) is 0 Å². The summed E-state index contributed by atoms with van der Waals surface area (Å²) in [5.41, 5.74) is 0.809. The number of amides is 1. The zero-order chi connectivity index (χ0) is 19.1. The van der Waals surface area contributed by atoms with Crippen LogP contribution < -0.4 is 5.32 Å². The highest BCUT2D eigenvalue weighted by Gasteiger charge is 2.43. The average Bonchev–Trinajstić information content (AvgIpc) is 3.18. The van der Waals surface area contributed by atoms with E-state index in [2.05, 4.69) is 15.3 Å². The molecular weight excluding hydrogens is 330 g/mol. The molecule has 1 atom stereocenters. The molecule has 6 nitrogen and oxygen atoms in total. The molecule has 0 aromatic carbocycles. The summed E-state index contributed by atoms with van der Waals surface area (Å²) in [5, 5.41) is 2.80. The number of rotatable bonds is 5. The number of nitrogens with one attached hydrogen (secondary N) is 1. The van der Waals surface area contributed by atoms with Crippen LogP contribution in [-0.2, 0) is 11.2 Å². The quantitative estimate of drug-likeness (QED) is 0.837. The van der Waals surface area contributed by atoms with Crippen molar-refractivity contribution < 1.29 is 14.0 Å². The Labute approximate surface area is 152 Å². The first kappa shape index (κ1) is 18.0. The monoisotopic (exact) mass is 353 g/mol. The lowest BCUT2D eigenvalue weighted by Gasteiger charge is -2.21. The molecular formula is C20H23N3O3. The Hall–Kier alpha value is -2.76. The summed E-state index contributed by atoms with van der Waals surface area (Å²) in [5.74, 6) is 0.799. The number of carbonyl (C=O) groups excluding carboxylic acids is 2. The highest BCUT2D eigenvalue weighted by Crippen LogP contribution is 2.28. The van der Waals surface area contributed by atoms with Gasteiger partial charge in [-0.2, -0.15) is 0 Å². The zero-order valence-corrected chi connectivity index (χ0v) is 15.7. The van der Waals surface area contributed by atoms with Crippen molar-refractivity contribution >= 4 is 17.5 Å². The maximum atomic E-state index is 13.0. The number of aryl methyl sites for hydroxylation is 2. The van der Waals surface area contributed by atoms with E-state index in [1.807, 2.05) is 20.8 Å². The lowest BCUT2D eigenvalue weighted by molar-refractivity contribution is -0.124. The maximum absolute atomic E-state index is 13.0. The molecule has 0 saturated heterocycles. The molecule has 2 aromatic rings. The molecule has 3 heterocycles. The molecule has 0 radical (unpaired) electrons. The predicted octanol–water partition coefficient (Wildman–Crippen LogP) is 3.07. The van der Waals surface area contributed by atoms with Crippen LogP contribution in [0.1, 0.15) is 60.8 Å². The Morgan fingerprint density at radius 3 is 2.62 bits per heavy atom. The van der Waals surface area contributed by atoms with Crippen molar-refractivity contribution in [2.75, 3.05) is 0 Å². The summed E-state index contributed by atoms with van der Waals surface area (Å²) in [7, 11) is 0. The summed E-state index contributed by atoms with van der Waals surface area (Å²) in [6.45, 7) is 9.45. The number of amidine groups is 1. The van der Waals surface area contributed by atoms with E-state index in [0.29, 0.717) is 22.9 Å². The Kier molecular flexibility index (Phi) is 4.52. The van der Waals surface area contributed by atoms with E-state index >= 15 is 0 Å². The topological polar surface area (TPSA) is 84.6 Å². The molecule has 0 aliphatic carbocycles. The third-order valence-electron chi connectivity index (χ3n) is 4.95. The van der Waals surface area contributed by atoms with Gasteiger partial charge in [0.2, 0.25) is 5.78 Å². The molecule has 0 fully saturated rings. The van der Waals surface area contributed by atoms with Gasteiger partial charge in [-0.15, -0.1) is 0 Å². The van der Waals surface area contributed by atoms with Crippen LogP contribution in [0.2, 0.25) is 0 Å². The first-order valence-corrected chi connectivity index (χ1v) is 8.78. The number of hydrogen-bond donors (Lipinski definition) is 1. The van der Waals surface area contributed by atoms with Gasteiger partial charge in [0.05, 0.1) is 5.56 Å². The molecule has 0 bridgehead atoms. The Balaban J connectivity index is 2.11. The second-order valence-corrected chi connectivity index (χ2v) is 7.05. The number of ketones is 1. The minimum atomic E-state index is -0.873. The van der Waals surface area contributed by atoms with Crippen LogP contribution in [0.5, 0.6) is 0 Å². The van der Waals surface area contributed by atoms with Gasteiger partial charge >= 0.3 is 0 Å². The molecule has 3 rings (SSSR count). The predicted molar refractivity (Wildman–Crippen MR) is 98.4 cm³/mol. The standard InChI is InChI=1S/C20H23N3O3/c1-6-13-9-14(17(24)15-8-7-12(4)26-15)16(21-10-13)18-22-19(25)20(5,23-18)11(2)3/h7-11H,6H2,1-5H3,(H,22,23,25). The molecule has 1 N–H and O–H groups in total. The van der Waals surface area contributed by atoms with Crippen molar-refractivity contribution in [3.8, 4) is 0 Å². The van der Waals surface area contributed by atoms with Crippen LogP contribution in [-0.4, -0.2) is 28.0 Å². The molecule has 6 heteroatoms. The fraction of sp³-hybridized carbons (Fsp3) is 0.400. The van der Waals surface area contributed by atoms with Gasteiger partial charge in [0.25, 0.3) is 5.91 Å². The van der Waals surface area contributed by atoms with Crippen LogP contribution in [0, 0.1) is 12.8 Å². The van der Waals surface area contributed by atoms with Gasteiger partial charge in [-0.25, -0.2) is 4.99 Å². The Bertz CT molecular complexity index is 911. The van der Waals surface area contributed by atoms with Gasteiger partial charge < -0.3 is 9.73 Å². The summed E-state index contributed by atoms with van der Waals surface area (Å²) in [4.78, 5) is 34.4. The molecule has 2 aromatic heterocycles. The highest BCUT2D eigenvalue weighted by molar-refractivity contribution is 6.20. The number of aromatic nitrogens is 1. The molecule has 1 amide bonds. The van der Waals surface area contributed by atoms with Crippen molar-refractivity contribution in [1.29, 1.82) is 0 Å².